The van der Waals surface area contributed by atoms with Crippen LogP contribution < -0.4 is 9.47 Å². The van der Waals surface area contributed by atoms with Crippen molar-refractivity contribution in [1.29, 1.82) is 0 Å². The van der Waals surface area contributed by atoms with E-state index in [1.807, 2.05) is 0 Å². The lowest BCUT2D eigenvalue weighted by atomic mass is 10.1. The molecule has 1 aliphatic rings. The predicted octanol–water partition coefficient (Wildman–Crippen LogP) is 2.29. The van der Waals surface area contributed by atoms with Crippen molar-refractivity contribution >= 4 is 18.0 Å². The molecular weight excluding hydrogens is 350 g/mol. The van der Waals surface area contributed by atoms with Crippen LogP contribution in [-0.2, 0) is 19.1 Å². The Bertz CT molecular complexity index is 666. The second kappa shape index (κ2) is 10.6. The van der Waals surface area contributed by atoms with Gasteiger partial charge in [0.2, 0.25) is 5.91 Å². The van der Waals surface area contributed by atoms with Gasteiger partial charge in [-0.2, -0.15) is 0 Å². The van der Waals surface area contributed by atoms with Gasteiger partial charge in [-0.25, -0.2) is 0 Å². The molecular formula is C20H27NO6. The number of benzene rings is 1. The van der Waals surface area contributed by atoms with Crippen molar-refractivity contribution in [3.63, 3.8) is 0 Å². The van der Waals surface area contributed by atoms with Crippen LogP contribution in [0.5, 0.6) is 11.5 Å². The summed E-state index contributed by atoms with van der Waals surface area (Å²) in [6.07, 6.45) is 5.21. The van der Waals surface area contributed by atoms with Crippen LogP contribution in [0, 0.1) is 0 Å². The molecule has 0 bridgehead atoms. The Morgan fingerprint density at radius 2 is 2.07 bits per heavy atom. The molecule has 1 aliphatic heterocycles. The summed E-state index contributed by atoms with van der Waals surface area (Å²) in [5, 5.41) is 0. The van der Waals surface area contributed by atoms with E-state index >= 15 is 0 Å². The van der Waals surface area contributed by atoms with E-state index in [0.29, 0.717) is 24.7 Å². The molecule has 7 heteroatoms. The Hall–Kier alpha value is -2.54. The van der Waals surface area contributed by atoms with Crippen molar-refractivity contribution in [2.45, 2.75) is 25.4 Å². The molecule has 1 atom stereocenters. The monoisotopic (exact) mass is 377 g/mol. The standard InChI is InChI=1S/C20H27NO6/c1-24-16-7-8-18(25-2)15(13-16)6-9-19(22)21(11-10-20(23)26-3)14-17-5-4-12-27-17/h6-9,13,17H,4-5,10-12,14H2,1-3H3/b9-6+. The molecule has 0 aliphatic carbocycles. The minimum atomic E-state index is -0.349. The van der Waals surface area contributed by atoms with Gasteiger partial charge >= 0.3 is 5.97 Å². The van der Waals surface area contributed by atoms with E-state index in [-0.39, 0.29) is 30.9 Å². The van der Waals surface area contributed by atoms with Gasteiger partial charge in [-0.1, -0.05) is 0 Å². The number of ether oxygens (including phenoxy) is 4. The summed E-state index contributed by atoms with van der Waals surface area (Å²) in [5.41, 5.74) is 0.732. The summed E-state index contributed by atoms with van der Waals surface area (Å²) in [4.78, 5) is 25.8. The van der Waals surface area contributed by atoms with Gasteiger partial charge in [0.1, 0.15) is 11.5 Å². The Kier molecular flexibility index (Phi) is 8.13. The molecule has 0 radical (unpaired) electrons. The van der Waals surface area contributed by atoms with Crippen LogP contribution in [0.2, 0.25) is 0 Å². The molecule has 0 aromatic heterocycles. The summed E-state index contributed by atoms with van der Waals surface area (Å²) in [5.74, 6) is 0.766. The van der Waals surface area contributed by atoms with Gasteiger partial charge in [0.05, 0.1) is 33.9 Å². The molecule has 0 saturated carbocycles. The molecule has 1 saturated heterocycles. The third kappa shape index (κ3) is 6.29. The Morgan fingerprint density at radius 3 is 2.70 bits per heavy atom. The number of methoxy groups -OCH3 is 3. The zero-order chi connectivity index (χ0) is 19.6. The zero-order valence-electron chi connectivity index (χ0n) is 16.1. The Balaban J connectivity index is 2.10. The normalized spacial score (nSPS) is 16.3. The van der Waals surface area contributed by atoms with Crippen molar-refractivity contribution in [1.82, 2.24) is 4.90 Å². The lowest BCUT2D eigenvalue weighted by molar-refractivity contribution is -0.141. The quantitative estimate of drug-likeness (QED) is 0.486. The SMILES string of the molecule is COC(=O)CCN(CC1CCCO1)C(=O)/C=C/c1cc(OC)ccc1OC. The fraction of sp³-hybridized carbons (Fsp3) is 0.500. The third-order valence-corrected chi connectivity index (χ3v) is 4.42. The molecule has 1 fully saturated rings. The second-order valence-corrected chi connectivity index (χ2v) is 6.19. The molecule has 1 amide bonds. The number of rotatable bonds is 9. The average Bonchev–Trinajstić information content (AvgIpc) is 3.21. The Labute approximate surface area is 159 Å². The van der Waals surface area contributed by atoms with Gasteiger partial charge in [0.25, 0.3) is 0 Å². The summed E-state index contributed by atoms with van der Waals surface area (Å²) >= 11 is 0. The molecule has 0 spiro atoms. The number of hydrogen-bond acceptors (Lipinski definition) is 6. The summed E-state index contributed by atoms with van der Waals surface area (Å²) < 4.78 is 20.9. The number of carbonyl (C=O) groups excluding carboxylic acids is 2. The first kappa shape index (κ1) is 20.8. The Morgan fingerprint density at radius 1 is 1.26 bits per heavy atom. The summed E-state index contributed by atoms with van der Waals surface area (Å²) in [6.45, 7) is 1.45. The van der Waals surface area contributed by atoms with E-state index < -0.39 is 0 Å². The number of esters is 1. The molecule has 1 aromatic carbocycles. The van der Waals surface area contributed by atoms with Crippen LogP contribution in [0.3, 0.4) is 0 Å². The van der Waals surface area contributed by atoms with E-state index in [2.05, 4.69) is 4.74 Å². The van der Waals surface area contributed by atoms with Gasteiger partial charge in [0.15, 0.2) is 0 Å². The minimum Gasteiger partial charge on any atom is -0.497 e. The number of hydrogen-bond donors (Lipinski definition) is 0. The molecule has 2 rings (SSSR count). The zero-order valence-corrected chi connectivity index (χ0v) is 16.1. The van der Waals surface area contributed by atoms with Gasteiger partial charge in [-0.3, -0.25) is 9.59 Å². The third-order valence-electron chi connectivity index (χ3n) is 4.42. The smallest absolute Gasteiger partial charge is 0.307 e. The largest absolute Gasteiger partial charge is 0.497 e. The number of nitrogens with zero attached hydrogens (tertiary/aromatic N) is 1. The predicted molar refractivity (Wildman–Crippen MR) is 101 cm³/mol. The highest BCUT2D eigenvalue weighted by atomic mass is 16.5. The van der Waals surface area contributed by atoms with Crippen molar-refractivity contribution in [3.05, 3.63) is 29.8 Å². The lowest BCUT2D eigenvalue weighted by Crippen LogP contribution is -2.37. The van der Waals surface area contributed by atoms with Gasteiger partial charge in [0, 0.05) is 31.3 Å². The van der Waals surface area contributed by atoms with E-state index in [9.17, 15) is 9.59 Å². The first-order chi connectivity index (χ1) is 13.1. The van der Waals surface area contributed by atoms with Gasteiger partial charge < -0.3 is 23.8 Å². The maximum atomic E-state index is 12.7. The fourth-order valence-electron chi connectivity index (χ4n) is 2.89. The van der Waals surface area contributed by atoms with Crippen LogP contribution in [0.4, 0.5) is 0 Å². The van der Waals surface area contributed by atoms with Crippen LogP contribution in [-0.4, -0.2) is 63.9 Å². The second-order valence-electron chi connectivity index (χ2n) is 6.19. The van der Waals surface area contributed by atoms with E-state index in [0.717, 1.165) is 18.4 Å². The maximum absolute atomic E-state index is 12.7. The van der Waals surface area contributed by atoms with Crippen LogP contribution in [0.15, 0.2) is 24.3 Å². The molecule has 27 heavy (non-hydrogen) atoms. The van der Waals surface area contributed by atoms with Crippen molar-refractivity contribution < 1.29 is 28.5 Å². The number of amides is 1. The summed E-state index contributed by atoms with van der Waals surface area (Å²) in [6, 6.07) is 5.37. The molecule has 1 unspecified atom stereocenters. The molecule has 1 heterocycles. The topological polar surface area (TPSA) is 74.3 Å². The molecule has 148 valence electrons. The van der Waals surface area contributed by atoms with Crippen molar-refractivity contribution in [2.75, 3.05) is 41.0 Å². The van der Waals surface area contributed by atoms with Crippen LogP contribution in [0.1, 0.15) is 24.8 Å². The molecule has 1 aromatic rings. The van der Waals surface area contributed by atoms with E-state index in [4.69, 9.17) is 14.2 Å². The molecule has 0 N–H and O–H groups in total. The summed E-state index contributed by atoms with van der Waals surface area (Å²) in [7, 11) is 4.49. The van der Waals surface area contributed by atoms with E-state index in [1.54, 1.807) is 43.4 Å². The van der Waals surface area contributed by atoms with Gasteiger partial charge in [-0.15, -0.1) is 0 Å². The van der Waals surface area contributed by atoms with Crippen molar-refractivity contribution in [2.24, 2.45) is 0 Å². The van der Waals surface area contributed by atoms with Gasteiger partial charge in [-0.05, 0) is 37.1 Å². The highest BCUT2D eigenvalue weighted by molar-refractivity contribution is 5.92. The average molecular weight is 377 g/mol. The fourth-order valence-corrected chi connectivity index (χ4v) is 2.89. The highest BCUT2D eigenvalue weighted by Crippen LogP contribution is 2.25. The maximum Gasteiger partial charge on any atom is 0.307 e. The lowest BCUT2D eigenvalue weighted by Gasteiger charge is -2.24. The first-order valence-electron chi connectivity index (χ1n) is 8.94. The van der Waals surface area contributed by atoms with Crippen LogP contribution >= 0.6 is 0 Å². The molecule has 7 nitrogen and oxygen atoms in total. The van der Waals surface area contributed by atoms with Crippen molar-refractivity contribution in [3.8, 4) is 11.5 Å². The van der Waals surface area contributed by atoms with Crippen LogP contribution in [0.25, 0.3) is 6.08 Å². The van der Waals surface area contributed by atoms with E-state index in [1.165, 1.54) is 13.2 Å². The first-order valence-corrected chi connectivity index (χ1v) is 8.94. The minimum absolute atomic E-state index is 0.00588. The number of carbonyl (C=O) groups is 2. The highest BCUT2D eigenvalue weighted by Gasteiger charge is 2.22.